The van der Waals surface area contributed by atoms with E-state index >= 15 is 0 Å². The van der Waals surface area contributed by atoms with Gasteiger partial charge in [-0.25, -0.2) is 4.79 Å². The van der Waals surface area contributed by atoms with Crippen molar-refractivity contribution in [2.75, 3.05) is 33.5 Å². The van der Waals surface area contributed by atoms with Gasteiger partial charge in [-0.2, -0.15) is 0 Å². The fourth-order valence-electron chi connectivity index (χ4n) is 3.30. The number of rotatable bonds is 6. The minimum atomic E-state index is -0.925. The van der Waals surface area contributed by atoms with Crippen molar-refractivity contribution in [2.24, 2.45) is 5.92 Å². The van der Waals surface area contributed by atoms with Gasteiger partial charge in [-0.05, 0) is 37.0 Å². The van der Waals surface area contributed by atoms with Gasteiger partial charge in [0.05, 0.1) is 6.61 Å². The summed E-state index contributed by atoms with van der Waals surface area (Å²) in [4.78, 5) is 12.7. The SMILES string of the molecule is COCCOc1cccc(C2CCN(C(=O)O)[C@H](C)[C@H]2CO)c1. The fraction of sp³-hybridized carbons (Fsp3) is 0.588. The van der Waals surface area contributed by atoms with E-state index in [1.165, 1.54) is 4.90 Å². The Labute approximate surface area is 136 Å². The van der Waals surface area contributed by atoms with Crippen LogP contribution < -0.4 is 4.74 Å². The quantitative estimate of drug-likeness (QED) is 0.785. The molecule has 2 N–H and O–H groups in total. The van der Waals surface area contributed by atoms with Gasteiger partial charge in [0.15, 0.2) is 0 Å². The van der Waals surface area contributed by atoms with Crippen LogP contribution in [-0.4, -0.2) is 60.7 Å². The second-order valence-corrected chi connectivity index (χ2v) is 5.87. The summed E-state index contributed by atoms with van der Waals surface area (Å²) < 4.78 is 10.6. The topological polar surface area (TPSA) is 79.2 Å². The van der Waals surface area contributed by atoms with Crippen molar-refractivity contribution in [1.29, 1.82) is 0 Å². The van der Waals surface area contributed by atoms with Crippen LogP contribution in [0.1, 0.15) is 24.8 Å². The molecule has 0 radical (unpaired) electrons. The third-order valence-corrected chi connectivity index (χ3v) is 4.61. The zero-order valence-electron chi connectivity index (χ0n) is 13.6. The minimum absolute atomic E-state index is 0.0373. The van der Waals surface area contributed by atoms with Crippen LogP contribution >= 0.6 is 0 Å². The molecule has 1 aliphatic heterocycles. The van der Waals surface area contributed by atoms with Gasteiger partial charge in [0.2, 0.25) is 0 Å². The summed E-state index contributed by atoms with van der Waals surface area (Å²) in [6, 6.07) is 7.60. The maximum atomic E-state index is 11.3. The van der Waals surface area contributed by atoms with Gasteiger partial charge in [-0.1, -0.05) is 12.1 Å². The molecule has 0 bridgehead atoms. The monoisotopic (exact) mass is 323 g/mol. The Hall–Kier alpha value is -1.79. The van der Waals surface area contributed by atoms with Gasteiger partial charge in [-0.3, -0.25) is 0 Å². The first-order chi connectivity index (χ1) is 11.1. The first-order valence-electron chi connectivity index (χ1n) is 7.90. The molecule has 2 rings (SSSR count). The van der Waals surface area contributed by atoms with Crippen molar-refractivity contribution in [3.8, 4) is 5.75 Å². The summed E-state index contributed by atoms with van der Waals surface area (Å²) in [5.74, 6) is 0.773. The van der Waals surface area contributed by atoms with Crippen molar-refractivity contribution in [1.82, 2.24) is 4.90 Å². The molecule has 0 spiro atoms. The van der Waals surface area contributed by atoms with Crippen molar-refractivity contribution in [2.45, 2.75) is 25.3 Å². The van der Waals surface area contributed by atoms with E-state index in [2.05, 4.69) is 0 Å². The van der Waals surface area contributed by atoms with E-state index in [0.717, 1.165) is 11.3 Å². The van der Waals surface area contributed by atoms with E-state index in [0.29, 0.717) is 26.2 Å². The molecule has 1 amide bonds. The largest absolute Gasteiger partial charge is 0.491 e. The van der Waals surface area contributed by atoms with Gasteiger partial charge >= 0.3 is 6.09 Å². The van der Waals surface area contributed by atoms with Crippen molar-refractivity contribution < 1.29 is 24.5 Å². The van der Waals surface area contributed by atoms with E-state index in [1.54, 1.807) is 7.11 Å². The number of piperidine rings is 1. The van der Waals surface area contributed by atoms with Crippen molar-refractivity contribution in [3.05, 3.63) is 29.8 Å². The lowest BCUT2D eigenvalue weighted by molar-refractivity contribution is 0.0493. The maximum absolute atomic E-state index is 11.3. The van der Waals surface area contributed by atoms with E-state index in [9.17, 15) is 15.0 Å². The van der Waals surface area contributed by atoms with Gasteiger partial charge in [0.1, 0.15) is 12.4 Å². The molecule has 6 nitrogen and oxygen atoms in total. The molecule has 128 valence electrons. The second-order valence-electron chi connectivity index (χ2n) is 5.87. The normalized spacial score (nSPS) is 24.5. The average molecular weight is 323 g/mol. The highest BCUT2D eigenvalue weighted by molar-refractivity contribution is 5.65. The van der Waals surface area contributed by atoms with Crippen molar-refractivity contribution in [3.63, 3.8) is 0 Å². The number of hydrogen-bond acceptors (Lipinski definition) is 4. The van der Waals surface area contributed by atoms with Crippen LogP contribution in [0.3, 0.4) is 0 Å². The number of amides is 1. The molecule has 23 heavy (non-hydrogen) atoms. The number of nitrogens with zero attached hydrogens (tertiary/aromatic N) is 1. The van der Waals surface area contributed by atoms with Gasteiger partial charge in [0, 0.05) is 32.2 Å². The maximum Gasteiger partial charge on any atom is 0.407 e. The smallest absolute Gasteiger partial charge is 0.407 e. The second kappa shape index (κ2) is 8.17. The van der Waals surface area contributed by atoms with Crippen LogP contribution in [-0.2, 0) is 4.74 Å². The van der Waals surface area contributed by atoms with Crippen LogP contribution in [0.4, 0.5) is 4.79 Å². The number of carboxylic acid groups (broad SMARTS) is 1. The first kappa shape index (κ1) is 17.6. The van der Waals surface area contributed by atoms with Gasteiger partial charge < -0.3 is 24.6 Å². The molecule has 1 aliphatic rings. The van der Waals surface area contributed by atoms with E-state index in [4.69, 9.17) is 9.47 Å². The predicted octanol–water partition coefficient (Wildman–Crippen LogP) is 2.18. The molecule has 1 saturated heterocycles. The highest BCUT2D eigenvalue weighted by Crippen LogP contribution is 2.37. The van der Waals surface area contributed by atoms with E-state index in [1.807, 2.05) is 31.2 Å². The van der Waals surface area contributed by atoms with Crippen LogP contribution in [0.5, 0.6) is 5.75 Å². The predicted molar refractivity (Wildman–Crippen MR) is 85.9 cm³/mol. The molecule has 1 aromatic carbocycles. The molecular weight excluding hydrogens is 298 g/mol. The number of likely N-dealkylation sites (tertiary alicyclic amines) is 1. The summed E-state index contributed by atoms with van der Waals surface area (Å²) in [6.07, 6.45) is -0.227. The standard InChI is InChI=1S/C17H25NO5/c1-12-16(11-19)15(6-7-18(12)17(20)21)13-4-3-5-14(10-13)23-9-8-22-2/h3-5,10,12,15-16,19H,6-9,11H2,1-2H3,(H,20,21)/t12-,15?,16-/m1/s1. The summed E-state index contributed by atoms with van der Waals surface area (Å²) in [7, 11) is 1.63. The minimum Gasteiger partial charge on any atom is -0.491 e. The van der Waals surface area contributed by atoms with Crippen LogP contribution in [0.2, 0.25) is 0 Å². The molecule has 1 heterocycles. The zero-order chi connectivity index (χ0) is 16.8. The molecule has 0 saturated carbocycles. The Bertz CT molecular complexity index is 521. The van der Waals surface area contributed by atoms with Crippen LogP contribution in [0.15, 0.2) is 24.3 Å². The number of aliphatic hydroxyl groups is 1. The zero-order valence-corrected chi connectivity index (χ0v) is 13.6. The molecule has 1 aromatic rings. The van der Waals surface area contributed by atoms with Crippen LogP contribution in [0, 0.1) is 5.92 Å². The summed E-state index contributed by atoms with van der Waals surface area (Å²) in [5, 5.41) is 19.0. The third-order valence-electron chi connectivity index (χ3n) is 4.61. The third kappa shape index (κ3) is 4.14. The molecule has 6 heteroatoms. The number of benzene rings is 1. The first-order valence-corrected chi connectivity index (χ1v) is 7.90. The Kier molecular flexibility index (Phi) is 6.24. The van der Waals surface area contributed by atoms with Gasteiger partial charge in [-0.15, -0.1) is 0 Å². The molecular formula is C17H25NO5. The number of ether oxygens (including phenoxy) is 2. The van der Waals surface area contributed by atoms with E-state index < -0.39 is 6.09 Å². The Morgan fingerprint density at radius 1 is 1.39 bits per heavy atom. The lowest BCUT2D eigenvalue weighted by Crippen LogP contribution is -2.50. The highest BCUT2D eigenvalue weighted by Gasteiger charge is 2.37. The molecule has 1 fully saturated rings. The summed E-state index contributed by atoms with van der Waals surface area (Å²) in [5.41, 5.74) is 1.08. The fourth-order valence-corrected chi connectivity index (χ4v) is 3.30. The van der Waals surface area contributed by atoms with Gasteiger partial charge in [0.25, 0.3) is 0 Å². The highest BCUT2D eigenvalue weighted by atomic mass is 16.5. The number of methoxy groups -OCH3 is 1. The molecule has 0 aliphatic carbocycles. The molecule has 0 aromatic heterocycles. The lowest BCUT2D eigenvalue weighted by atomic mass is 9.77. The van der Waals surface area contributed by atoms with Crippen molar-refractivity contribution >= 4 is 6.09 Å². The number of aliphatic hydroxyl groups excluding tert-OH is 1. The Morgan fingerprint density at radius 3 is 2.83 bits per heavy atom. The number of carbonyl (C=O) groups is 1. The molecule has 3 atom stereocenters. The molecule has 1 unspecified atom stereocenters. The Balaban J connectivity index is 2.14. The Morgan fingerprint density at radius 2 is 2.17 bits per heavy atom. The van der Waals surface area contributed by atoms with Crippen LogP contribution in [0.25, 0.3) is 0 Å². The summed E-state index contributed by atoms with van der Waals surface area (Å²) >= 11 is 0. The van der Waals surface area contributed by atoms with E-state index in [-0.39, 0.29) is 24.5 Å². The average Bonchev–Trinajstić information content (AvgIpc) is 2.54. The lowest BCUT2D eigenvalue weighted by Gasteiger charge is -2.42. The summed E-state index contributed by atoms with van der Waals surface area (Å²) in [6.45, 7) is 3.31. The number of hydrogen-bond donors (Lipinski definition) is 2.